The number of benzene rings is 2. The molecule has 0 aliphatic carbocycles. The van der Waals surface area contributed by atoms with Crippen LogP contribution in [0.5, 0.6) is 0 Å². The summed E-state index contributed by atoms with van der Waals surface area (Å²) in [5, 5.41) is 21.1. The molecule has 0 fully saturated rings. The Hall–Kier alpha value is -4.12. The number of allylic oxidation sites excluding steroid dienone is 1. The predicted molar refractivity (Wildman–Crippen MR) is 122 cm³/mol. The highest BCUT2D eigenvalue weighted by Crippen LogP contribution is 2.43. The lowest BCUT2D eigenvalue weighted by Gasteiger charge is -2.28. The van der Waals surface area contributed by atoms with Crippen LogP contribution in [0.1, 0.15) is 50.3 Å². The van der Waals surface area contributed by atoms with Gasteiger partial charge in [-0.25, -0.2) is 4.79 Å². The molecule has 8 heteroatoms. The van der Waals surface area contributed by atoms with E-state index in [1.54, 1.807) is 13.0 Å². The minimum absolute atomic E-state index is 0.0264. The monoisotopic (exact) mass is 447 g/mol. The number of ether oxygens (including phenoxy) is 2. The minimum Gasteiger partial charge on any atom is -0.463 e. The topological polar surface area (TPSA) is 128 Å². The van der Waals surface area contributed by atoms with Crippen LogP contribution in [0.25, 0.3) is 5.76 Å². The number of esters is 1. The molecule has 2 aromatic rings. The number of rotatable bonds is 5. The van der Waals surface area contributed by atoms with Crippen LogP contribution in [0, 0.1) is 21.4 Å². The van der Waals surface area contributed by atoms with E-state index in [1.807, 2.05) is 24.3 Å². The van der Waals surface area contributed by atoms with Crippen molar-refractivity contribution >= 4 is 17.4 Å². The van der Waals surface area contributed by atoms with Gasteiger partial charge in [-0.2, -0.15) is 5.26 Å². The van der Waals surface area contributed by atoms with Gasteiger partial charge in [0.2, 0.25) is 5.88 Å². The SMILES string of the molecule is CCOC(=O)C1=C(c2cccc([N+](=O)[O-])c2)OC(N)=C(C#N)C1c1ccc(C(C)(C)C)cc1. The lowest BCUT2D eigenvalue weighted by molar-refractivity contribution is -0.384. The summed E-state index contributed by atoms with van der Waals surface area (Å²) in [6.07, 6.45) is 0. The van der Waals surface area contributed by atoms with Gasteiger partial charge in [-0.05, 0) is 23.5 Å². The summed E-state index contributed by atoms with van der Waals surface area (Å²) < 4.78 is 11.0. The number of non-ortho nitro benzene ring substituents is 1. The lowest BCUT2D eigenvalue weighted by atomic mass is 9.80. The summed E-state index contributed by atoms with van der Waals surface area (Å²) in [6.45, 7) is 8.01. The number of carbonyl (C=O) groups excluding carboxylic acids is 1. The second kappa shape index (κ2) is 9.17. The molecule has 33 heavy (non-hydrogen) atoms. The van der Waals surface area contributed by atoms with E-state index >= 15 is 0 Å². The molecule has 2 N–H and O–H groups in total. The van der Waals surface area contributed by atoms with Gasteiger partial charge < -0.3 is 15.2 Å². The molecule has 0 spiro atoms. The average Bonchev–Trinajstić information content (AvgIpc) is 2.78. The molecule has 0 bridgehead atoms. The highest BCUT2D eigenvalue weighted by Gasteiger charge is 2.38. The van der Waals surface area contributed by atoms with Crippen molar-refractivity contribution in [3.63, 3.8) is 0 Å². The van der Waals surface area contributed by atoms with Crippen molar-refractivity contribution in [2.45, 2.75) is 39.0 Å². The molecular weight excluding hydrogens is 422 g/mol. The van der Waals surface area contributed by atoms with Crippen LogP contribution in [0.4, 0.5) is 5.69 Å². The number of nitriles is 1. The third-order valence-corrected chi connectivity index (χ3v) is 5.34. The first-order valence-electron chi connectivity index (χ1n) is 10.4. The smallest absolute Gasteiger partial charge is 0.338 e. The van der Waals surface area contributed by atoms with Crippen LogP contribution in [0.3, 0.4) is 0 Å². The van der Waals surface area contributed by atoms with Crippen molar-refractivity contribution in [3.8, 4) is 6.07 Å². The molecule has 2 aromatic carbocycles. The highest BCUT2D eigenvalue weighted by molar-refractivity contribution is 6.00. The minimum atomic E-state index is -0.855. The van der Waals surface area contributed by atoms with Crippen molar-refractivity contribution in [3.05, 3.63) is 92.4 Å². The Morgan fingerprint density at radius 2 is 1.91 bits per heavy atom. The first kappa shape index (κ1) is 23.5. The molecule has 0 amide bonds. The number of nitro benzene ring substituents is 1. The Balaban J connectivity index is 2.27. The quantitative estimate of drug-likeness (QED) is 0.400. The third-order valence-electron chi connectivity index (χ3n) is 5.34. The molecule has 0 saturated carbocycles. The highest BCUT2D eigenvalue weighted by atomic mass is 16.6. The van der Waals surface area contributed by atoms with Crippen LogP contribution in [0.2, 0.25) is 0 Å². The van der Waals surface area contributed by atoms with E-state index in [2.05, 4.69) is 26.8 Å². The zero-order chi connectivity index (χ0) is 24.3. The normalized spacial score (nSPS) is 16.2. The fraction of sp³-hybridized carbons (Fsp3) is 0.280. The Morgan fingerprint density at radius 1 is 1.24 bits per heavy atom. The van der Waals surface area contributed by atoms with Gasteiger partial charge in [0.05, 0.1) is 23.0 Å². The first-order valence-corrected chi connectivity index (χ1v) is 10.4. The molecule has 1 aliphatic heterocycles. The van der Waals surface area contributed by atoms with Gasteiger partial charge in [-0.15, -0.1) is 0 Å². The van der Waals surface area contributed by atoms with Crippen LogP contribution in [0.15, 0.2) is 65.6 Å². The third kappa shape index (κ3) is 4.72. The van der Waals surface area contributed by atoms with Gasteiger partial charge in [-0.1, -0.05) is 57.2 Å². The molecule has 8 nitrogen and oxygen atoms in total. The zero-order valence-electron chi connectivity index (χ0n) is 18.9. The lowest BCUT2D eigenvalue weighted by Crippen LogP contribution is -2.26. The maximum atomic E-state index is 13.1. The molecule has 1 atom stereocenters. The number of hydrogen-bond acceptors (Lipinski definition) is 7. The van der Waals surface area contributed by atoms with E-state index < -0.39 is 16.8 Å². The van der Waals surface area contributed by atoms with E-state index in [0.29, 0.717) is 5.56 Å². The van der Waals surface area contributed by atoms with Gasteiger partial charge in [-0.3, -0.25) is 10.1 Å². The van der Waals surface area contributed by atoms with Gasteiger partial charge in [0, 0.05) is 17.7 Å². The molecule has 0 radical (unpaired) electrons. The van der Waals surface area contributed by atoms with Crippen LogP contribution in [-0.4, -0.2) is 17.5 Å². The number of hydrogen-bond donors (Lipinski definition) is 1. The molecular formula is C25H25N3O5. The Morgan fingerprint density at radius 3 is 2.45 bits per heavy atom. The fourth-order valence-corrected chi connectivity index (χ4v) is 3.66. The van der Waals surface area contributed by atoms with Gasteiger partial charge >= 0.3 is 5.97 Å². The zero-order valence-corrected chi connectivity index (χ0v) is 18.9. The molecule has 3 rings (SSSR count). The second-order valence-electron chi connectivity index (χ2n) is 8.57. The van der Waals surface area contributed by atoms with Crippen LogP contribution < -0.4 is 5.73 Å². The van der Waals surface area contributed by atoms with Gasteiger partial charge in [0.25, 0.3) is 5.69 Å². The van der Waals surface area contributed by atoms with Gasteiger partial charge in [0.1, 0.15) is 17.4 Å². The van der Waals surface area contributed by atoms with Crippen molar-refractivity contribution in [2.24, 2.45) is 5.73 Å². The average molecular weight is 447 g/mol. The molecule has 1 heterocycles. The summed E-state index contributed by atoms with van der Waals surface area (Å²) in [5.41, 5.74) is 7.97. The van der Waals surface area contributed by atoms with Crippen molar-refractivity contribution in [2.75, 3.05) is 6.61 Å². The number of carbonyl (C=O) groups is 1. The standard InChI is InChI=1S/C25H25N3O5/c1-5-32-24(29)21-20(15-9-11-17(12-10-15)25(2,3)4)19(14-26)23(27)33-22(21)16-7-6-8-18(13-16)28(30)31/h6-13,20H,5,27H2,1-4H3. The molecule has 1 aliphatic rings. The van der Waals surface area contributed by atoms with Crippen molar-refractivity contribution in [1.82, 2.24) is 0 Å². The number of nitrogens with zero attached hydrogens (tertiary/aromatic N) is 2. The maximum Gasteiger partial charge on any atom is 0.338 e. The Bertz CT molecular complexity index is 1200. The summed E-state index contributed by atoms with van der Waals surface area (Å²) in [4.78, 5) is 23.9. The van der Waals surface area contributed by atoms with Crippen molar-refractivity contribution < 1.29 is 19.2 Å². The maximum absolute atomic E-state index is 13.1. The van der Waals surface area contributed by atoms with Crippen LogP contribution in [-0.2, 0) is 19.7 Å². The summed E-state index contributed by atoms with van der Waals surface area (Å²) in [6, 6.07) is 15.3. The van der Waals surface area contributed by atoms with E-state index in [9.17, 15) is 20.2 Å². The number of nitro groups is 1. The summed E-state index contributed by atoms with van der Waals surface area (Å²) in [5.74, 6) is -1.69. The first-order chi connectivity index (χ1) is 15.6. The largest absolute Gasteiger partial charge is 0.463 e. The van der Waals surface area contributed by atoms with E-state index in [4.69, 9.17) is 15.2 Å². The second-order valence-corrected chi connectivity index (χ2v) is 8.57. The summed E-state index contributed by atoms with van der Waals surface area (Å²) >= 11 is 0. The Labute approximate surface area is 192 Å². The molecule has 170 valence electrons. The Kier molecular flexibility index (Phi) is 6.54. The fourth-order valence-electron chi connectivity index (χ4n) is 3.66. The predicted octanol–water partition coefficient (Wildman–Crippen LogP) is 4.67. The van der Waals surface area contributed by atoms with Crippen LogP contribution >= 0.6 is 0 Å². The number of nitrogens with two attached hydrogens (primary N) is 1. The van der Waals surface area contributed by atoms with Gasteiger partial charge in [0.15, 0.2) is 0 Å². The van der Waals surface area contributed by atoms with Crippen molar-refractivity contribution in [1.29, 1.82) is 5.26 Å². The van der Waals surface area contributed by atoms with E-state index in [0.717, 1.165) is 5.56 Å². The molecule has 0 aromatic heterocycles. The molecule has 1 unspecified atom stereocenters. The van der Waals surface area contributed by atoms with E-state index in [-0.39, 0.29) is 46.1 Å². The van der Waals surface area contributed by atoms with E-state index in [1.165, 1.54) is 18.2 Å². The summed E-state index contributed by atoms with van der Waals surface area (Å²) in [7, 11) is 0. The molecule has 0 saturated heterocycles.